The van der Waals surface area contributed by atoms with Gasteiger partial charge in [-0.25, -0.2) is 4.62 Å². The minimum absolute atomic E-state index is 0. The normalized spacial score (nSPS) is 11.1. The highest BCUT2D eigenvalue weighted by molar-refractivity contribution is 7.31. The van der Waals surface area contributed by atoms with E-state index >= 15 is 0 Å². The van der Waals surface area contributed by atoms with Gasteiger partial charge in [0.2, 0.25) is 0 Å². The third kappa shape index (κ3) is 9.02. The first-order valence-corrected chi connectivity index (χ1v) is 2.44. The quantitative estimate of drug-likeness (QED) is 0.312. The van der Waals surface area contributed by atoms with Crippen molar-refractivity contribution < 1.29 is 19.2 Å². The van der Waals surface area contributed by atoms with Gasteiger partial charge in [-0.1, -0.05) is 0 Å². The summed E-state index contributed by atoms with van der Waals surface area (Å²) in [6, 6.07) is 0. The minimum atomic E-state index is -3.38. The molecule has 0 aromatic rings. The van der Waals surface area contributed by atoms with Crippen molar-refractivity contribution >= 4 is 8.25 Å². The Morgan fingerprint density at radius 1 is 1.75 bits per heavy atom. The van der Waals surface area contributed by atoms with E-state index in [1.54, 1.807) is 0 Å². The second-order valence-corrected chi connectivity index (χ2v) is 1.30. The van der Waals surface area contributed by atoms with Crippen LogP contribution in [0.2, 0.25) is 0 Å². The molecule has 0 heterocycles. The van der Waals surface area contributed by atoms with Crippen LogP contribution in [0.5, 0.6) is 0 Å². The predicted molar refractivity (Wildman–Crippen MR) is 24.3 cm³/mol. The van der Waals surface area contributed by atoms with Gasteiger partial charge < -0.3 is 11.0 Å². The molecule has 0 spiro atoms. The summed E-state index contributed by atoms with van der Waals surface area (Å²) in [4.78, 5) is 16.7. The third-order valence-electron chi connectivity index (χ3n) is 0.153. The van der Waals surface area contributed by atoms with Gasteiger partial charge in [-0.05, 0) is 0 Å². The van der Waals surface area contributed by atoms with E-state index in [-0.39, 0.29) is 6.15 Å². The zero-order valence-electron chi connectivity index (χ0n) is 3.73. The predicted octanol–water partition coefficient (Wildman–Crippen LogP) is -0.261. The second-order valence-electron chi connectivity index (χ2n) is 0.581. The molecule has 1 atom stereocenters. The molecule has 8 heavy (non-hydrogen) atoms. The largest absolute Gasteiger partial charge is 0.357 e. The van der Waals surface area contributed by atoms with Crippen LogP contribution in [-0.2, 0) is 9.19 Å². The van der Waals surface area contributed by atoms with Crippen LogP contribution >= 0.6 is 8.25 Å². The lowest BCUT2D eigenvalue weighted by atomic mass is 13.1. The van der Waals surface area contributed by atoms with Gasteiger partial charge in [0.05, 0.1) is 0 Å². The molecule has 0 saturated carbocycles. The van der Waals surface area contributed by atoms with E-state index in [1.807, 2.05) is 0 Å². The van der Waals surface area contributed by atoms with E-state index in [2.05, 4.69) is 4.62 Å². The van der Waals surface area contributed by atoms with Crippen LogP contribution < -0.4 is 6.15 Å². The van der Waals surface area contributed by atoms with Crippen molar-refractivity contribution in [2.45, 2.75) is 0 Å². The number of hydrogen-bond donors (Lipinski definition) is 2. The van der Waals surface area contributed by atoms with Gasteiger partial charge in [0.1, 0.15) is 0 Å². The molecule has 0 aliphatic heterocycles. The fourth-order valence-electron chi connectivity index (χ4n) is 0.0638. The summed E-state index contributed by atoms with van der Waals surface area (Å²) >= 11 is 0. The first-order valence-electron chi connectivity index (χ1n) is 1.18. The summed E-state index contributed by atoms with van der Waals surface area (Å²) in [6.07, 6.45) is 0. The highest BCUT2D eigenvalue weighted by Crippen LogP contribution is 2.12. The lowest BCUT2D eigenvalue weighted by molar-refractivity contribution is -0.713. The molecular weight excluding hydrogens is 139 g/mol. The first kappa shape index (κ1) is 10.4. The van der Waals surface area contributed by atoms with Crippen LogP contribution in [0, 0.1) is 10.1 Å². The van der Waals surface area contributed by atoms with Gasteiger partial charge >= 0.3 is 13.3 Å². The smallest absolute Gasteiger partial charge is 0.344 e. The van der Waals surface area contributed by atoms with Gasteiger partial charge in [0.15, 0.2) is 0 Å². The average Bonchev–Trinajstić information content (AvgIpc) is 1.27. The topological polar surface area (TPSA) is 125 Å². The number of hydrogen-bond acceptors (Lipinski definition) is 5. The Labute approximate surface area is 44.9 Å². The van der Waals surface area contributed by atoms with Crippen molar-refractivity contribution in [2.24, 2.45) is 0 Å². The van der Waals surface area contributed by atoms with Gasteiger partial charge in [0, 0.05) is 0 Å². The summed E-state index contributed by atoms with van der Waals surface area (Å²) in [5.74, 6) is 0. The zero-order chi connectivity index (χ0) is 5.86. The van der Waals surface area contributed by atoms with Crippen molar-refractivity contribution in [3.05, 3.63) is 10.1 Å². The molecule has 0 fully saturated rings. The van der Waals surface area contributed by atoms with Crippen molar-refractivity contribution in [1.29, 1.82) is 0 Å². The Kier molecular flexibility index (Phi) is 5.83. The van der Waals surface area contributed by atoms with E-state index in [4.69, 9.17) is 15.0 Å². The first-order chi connectivity index (χ1) is 3.13. The minimum Gasteiger partial charge on any atom is -0.344 e. The molecule has 0 aliphatic rings. The molecule has 0 bridgehead atoms. The lowest BCUT2D eigenvalue weighted by Crippen LogP contribution is -1.89. The summed E-state index contributed by atoms with van der Waals surface area (Å²) < 4.78 is 12.4. The molecule has 0 radical (unpaired) electrons. The lowest BCUT2D eigenvalue weighted by Gasteiger charge is -1.84. The maximum absolute atomic E-state index is 9.33. The van der Waals surface area contributed by atoms with Gasteiger partial charge in [-0.15, -0.1) is 10.1 Å². The zero-order valence-corrected chi connectivity index (χ0v) is 4.73. The standard InChI is InChI=1S/H2NO5P.H3N/c2-1(3)6-7(4)5;/h7H,(H,4,5);1H3. The molecule has 0 aliphatic carbocycles. The van der Waals surface area contributed by atoms with Crippen LogP contribution in [0.3, 0.4) is 0 Å². The molecule has 50 valence electrons. The molecule has 0 saturated heterocycles. The van der Waals surface area contributed by atoms with E-state index in [0.29, 0.717) is 0 Å². The molecule has 0 rings (SSSR count). The van der Waals surface area contributed by atoms with Crippen LogP contribution in [0.1, 0.15) is 0 Å². The second kappa shape index (κ2) is 4.51. The van der Waals surface area contributed by atoms with E-state index in [1.165, 1.54) is 0 Å². The molecule has 1 unspecified atom stereocenters. The molecule has 0 aromatic heterocycles. The van der Waals surface area contributed by atoms with Gasteiger partial charge in [-0.2, -0.15) is 0 Å². The fraction of sp³-hybridized carbons (Fsp3) is 0. The van der Waals surface area contributed by atoms with E-state index in [0.717, 1.165) is 0 Å². The fourth-order valence-corrected chi connectivity index (χ4v) is 0.191. The number of nitrogens with zero attached hydrogens (tertiary/aromatic N) is 1. The SMILES string of the molecule is N.O=[N+]([O-])O[PH](=O)O. The summed E-state index contributed by atoms with van der Waals surface area (Å²) in [6.45, 7) is 0. The van der Waals surface area contributed by atoms with Crippen LogP contribution in [0.15, 0.2) is 0 Å². The Bertz CT molecular complexity index is 86.6. The Balaban J connectivity index is 0. The molecule has 4 N–H and O–H groups in total. The van der Waals surface area contributed by atoms with E-state index < -0.39 is 13.3 Å². The Morgan fingerprint density at radius 3 is 2.12 bits per heavy atom. The van der Waals surface area contributed by atoms with Crippen molar-refractivity contribution in [3.8, 4) is 0 Å². The summed E-state index contributed by atoms with van der Waals surface area (Å²) in [5, 5.41) is 7.74. The van der Waals surface area contributed by atoms with Crippen LogP contribution in [0.25, 0.3) is 0 Å². The van der Waals surface area contributed by atoms with Crippen LogP contribution in [0.4, 0.5) is 0 Å². The van der Waals surface area contributed by atoms with Crippen molar-refractivity contribution in [2.75, 3.05) is 0 Å². The van der Waals surface area contributed by atoms with Crippen molar-refractivity contribution in [3.63, 3.8) is 0 Å². The average molecular weight is 144 g/mol. The van der Waals surface area contributed by atoms with E-state index in [9.17, 15) is 4.57 Å². The third-order valence-corrected chi connectivity index (χ3v) is 0.458. The Morgan fingerprint density at radius 2 is 2.12 bits per heavy atom. The monoisotopic (exact) mass is 144 g/mol. The van der Waals surface area contributed by atoms with Gasteiger partial charge in [-0.3, -0.25) is 4.57 Å². The molecular formula is H5N2O5P. The highest BCUT2D eigenvalue weighted by atomic mass is 31.1. The van der Waals surface area contributed by atoms with Crippen molar-refractivity contribution in [1.82, 2.24) is 6.15 Å². The molecule has 8 heteroatoms. The number of rotatable bonds is 2. The molecule has 7 nitrogen and oxygen atoms in total. The summed E-state index contributed by atoms with van der Waals surface area (Å²) in [7, 11) is -3.38. The molecule has 0 aromatic carbocycles. The maximum atomic E-state index is 9.33. The maximum Gasteiger partial charge on any atom is 0.357 e. The van der Waals surface area contributed by atoms with Gasteiger partial charge in [0.25, 0.3) is 0 Å². The van der Waals surface area contributed by atoms with Crippen LogP contribution in [-0.4, -0.2) is 9.98 Å². The summed E-state index contributed by atoms with van der Waals surface area (Å²) in [5.41, 5.74) is 0. The highest BCUT2D eigenvalue weighted by Gasteiger charge is 1.95. The Hall–Kier alpha value is -0.650. The molecule has 0 amide bonds.